The van der Waals surface area contributed by atoms with Crippen LogP contribution in [0.3, 0.4) is 0 Å². The SMILES string of the molecule is CC(C)/C(COCC(O)Cn1ccnc1[N+](=O)[O-])=N/O. The average Bonchev–Trinajstić information content (AvgIpc) is 2.82. The summed E-state index contributed by atoms with van der Waals surface area (Å²) in [5.74, 6) is -0.296. The smallest absolute Gasteiger partial charge is 0.411 e. The fourth-order valence-corrected chi connectivity index (χ4v) is 1.51. The van der Waals surface area contributed by atoms with Gasteiger partial charge >= 0.3 is 5.95 Å². The third-order valence-corrected chi connectivity index (χ3v) is 2.62. The summed E-state index contributed by atoms with van der Waals surface area (Å²) in [6.07, 6.45) is 1.78. The molecule has 9 nitrogen and oxygen atoms in total. The first-order chi connectivity index (χ1) is 9.45. The van der Waals surface area contributed by atoms with Gasteiger partial charge in [-0.05, 0) is 10.8 Å². The fraction of sp³-hybridized carbons (Fsp3) is 0.636. The number of nitrogens with zero attached hydrogens (tertiary/aromatic N) is 4. The molecule has 1 heterocycles. The summed E-state index contributed by atoms with van der Waals surface area (Å²) in [7, 11) is 0. The lowest BCUT2D eigenvalue weighted by atomic mass is 10.1. The van der Waals surface area contributed by atoms with E-state index in [-0.39, 0.29) is 31.6 Å². The molecule has 112 valence electrons. The van der Waals surface area contributed by atoms with Gasteiger partial charge in [0.05, 0.1) is 25.5 Å². The van der Waals surface area contributed by atoms with Crippen molar-refractivity contribution in [3.8, 4) is 0 Å². The lowest BCUT2D eigenvalue weighted by molar-refractivity contribution is -0.397. The molecule has 1 aromatic heterocycles. The van der Waals surface area contributed by atoms with Crippen LogP contribution in [0.1, 0.15) is 13.8 Å². The molecule has 0 aliphatic rings. The first-order valence-electron chi connectivity index (χ1n) is 6.07. The minimum absolute atomic E-state index is 0.00356. The van der Waals surface area contributed by atoms with E-state index in [9.17, 15) is 15.2 Å². The van der Waals surface area contributed by atoms with Crippen molar-refractivity contribution in [1.29, 1.82) is 0 Å². The minimum Gasteiger partial charge on any atom is -0.411 e. The summed E-state index contributed by atoms with van der Waals surface area (Å²) in [4.78, 5) is 13.6. The van der Waals surface area contributed by atoms with Crippen molar-refractivity contribution in [3.05, 3.63) is 22.5 Å². The molecule has 0 amide bonds. The van der Waals surface area contributed by atoms with Gasteiger partial charge in [-0.2, -0.15) is 0 Å². The van der Waals surface area contributed by atoms with E-state index in [2.05, 4.69) is 10.1 Å². The quantitative estimate of drug-likeness (QED) is 0.313. The summed E-state index contributed by atoms with van der Waals surface area (Å²) >= 11 is 0. The molecule has 1 atom stereocenters. The monoisotopic (exact) mass is 286 g/mol. The van der Waals surface area contributed by atoms with Crippen molar-refractivity contribution in [1.82, 2.24) is 9.55 Å². The van der Waals surface area contributed by atoms with E-state index >= 15 is 0 Å². The maximum absolute atomic E-state index is 10.6. The summed E-state index contributed by atoms with van der Waals surface area (Å²) < 4.78 is 6.45. The van der Waals surface area contributed by atoms with Crippen molar-refractivity contribution in [2.24, 2.45) is 11.1 Å². The second-order valence-corrected chi connectivity index (χ2v) is 4.55. The predicted octanol–water partition coefficient (Wildman–Crippen LogP) is 0.655. The maximum atomic E-state index is 10.6. The Kier molecular flexibility index (Phi) is 6.07. The topological polar surface area (TPSA) is 123 Å². The van der Waals surface area contributed by atoms with Crippen molar-refractivity contribution < 1.29 is 20.0 Å². The van der Waals surface area contributed by atoms with Gasteiger partial charge in [-0.15, -0.1) is 0 Å². The van der Waals surface area contributed by atoms with Gasteiger partial charge < -0.3 is 25.2 Å². The van der Waals surface area contributed by atoms with Crippen molar-refractivity contribution in [3.63, 3.8) is 0 Å². The summed E-state index contributed by atoms with van der Waals surface area (Å²) in [6.45, 7) is 3.77. The zero-order chi connectivity index (χ0) is 15.1. The van der Waals surface area contributed by atoms with Crippen LogP contribution in [0.25, 0.3) is 0 Å². The van der Waals surface area contributed by atoms with E-state index < -0.39 is 11.0 Å². The number of aliphatic hydroxyl groups excluding tert-OH is 1. The third-order valence-electron chi connectivity index (χ3n) is 2.62. The second-order valence-electron chi connectivity index (χ2n) is 4.55. The molecule has 0 aromatic carbocycles. The average molecular weight is 286 g/mol. The number of ether oxygens (including phenoxy) is 1. The molecule has 1 aromatic rings. The number of hydrogen-bond acceptors (Lipinski definition) is 7. The molecule has 20 heavy (non-hydrogen) atoms. The van der Waals surface area contributed by atoms with Crippen LogP contribution in [-0.2, 0) is 11.3 Å². The highest BCUT2D eigenvalue weighted by molar-refractivity contribution is 5.86. The molecule has 1 unspecified atom stereocenters. The highest BCUT2D eigenvalue weighted by Crippen LogP contribution is 2.08. The van der Waals surface area contributed by atoms with Crippen LogP contribution >= 0.6 is 0 Å². The van der Waals surface area contributed by atoms with Crippen LogP contribution in [-0.4, -0.2) is 49.8 Å². The molecule has 0 bridgehead atoms. The van der Waals surface area contributed by atoms with Crippen molar-refractivity contribution >= 4 is 11.7 Å². The van der Waals surface area contributed by atoms with Gasteiger partial charge in [-0.1, -0.05) is 24.0 Å². The Morgan fingerprint density at radius 2 is 2.35 bits per heavy atom. The largest absolute Gasteiger partial charge is 0.434 e. The third kappa shape index (κ3) is 4.59. The number of hydrogen-bond donors (Lipinski definition) is 2. The number of aliphatic hydroxyl groups is 1. The summed E-state index contributed by atoms with van der Waals surface area (Å²) in [5, 5.41) is 32.2. The molecule has 0 saturated heterocycles. The Balaban J connectivity index is 2.42. The first kappa shape index (κ1) is 16.1. The Hall–Kier alpha value is -2.00. The van der Waals surface area contributed by atoms with Crippen LogP contribution < -0.4 is 0 Å². The molecular formula is C11H18N4O5. The van der Waals surface area contributed by atoms with Gasteiger partial charge in [0.1, 0.15) is 18.5 Å². The minimum atomic E-state index is -0.921. The van der Waals surface area contributed by atoms with E-state index in [4.69, 9.17) is 9.94 Å². The van der Waals surface area contributed by atoms with Gasteiger partial charge in [-0.3, -0.25) is 0 Å². The van der Waals surface area contributed by atoms with Crippen LogP contribution in [0.15, 0.2) is 17.5 Å². The molecule has 0 radical (unpaired) electrons. The number of nitro groups is 1. The van der Waals surface area contributed by atoms with E-state index in [1.807, 2.05) is 13.8 Å². The van der Waals surface area contributed by atoms with Gasteiger partial charge in [0.25, 0.3) is 0 Å². The molecule has 0 saturated carbocycles. The molecule has 2 N–H and O–H groups in total. The lowest BCUT2D eigenvalue weighted by Crippen LogP contribution is -2.25. The molecule has 0 aliphatic heterocycles. The molecule has 0 fully saturated rings. The van der Waals surface area contributed by atoms with Gasteiger partial charge in [0, 0.05) is 0 Å². The van der Waals surface area contributed by atoms with E-state index in [0.29, 0.717) is 5.71 Å². The van der Waals surface area contributed by atoms with Crippen LogP contribution in [0.2, 0.25) is 0 Å². The van der Waals surface area contributed by atoms with E-state index in [0.717, 1.165) is 0 Å². The number of rotatable bonds is 8. The Morgan fingerprint density at radius 3 is 2.90 bits per heavy atom. The van der Waals surface area contributed by atoms with Crippen LogP contribution in [0.5, 0.6) is 0 Å². The Bertz CT molecular complexity index is 471. The van der Waals surface area contributed by atoms with Crippen molar-refractivity contribution in [2.75, 3.05) is 13.2 Å². The Labute approximate surface area is 115 Å². The molecular weight excluding hydrogens is 268 g/mol. The van der Waals surface area contributed by atoms with E-state index in [1.54, 1.807) is 0 Å². The summed E-state index contributed by atoms with van der Waals surface area (Å²) in [5.41, 5.74) is 0.464. The van der Waals surface area contributed by atoms with Crippen molar-refractivity contribution in [2.45, 2.75) is 26.5 Å². The van der Waals surface area contributed by atoms with Crippen LogP contribution in [0, 0.1) is 16.0 Å². The van der Waals surface area contributed by atoms with Gasteiger partial charge in [-0.25, -0.2) is 4.57 Å². The fourth-order valence-electron chi connectivity index (χ4n) is 1.51. The number of imidazole rings is 1. The summed E-state index contributed by atoms with van der Waals surface area (Å²) in [6, 6.07) is 0. The predicted molar refractivity (Wildman–Crippen MR) is 69.8 cm³/mol. The zero-order valence-corrected chi connectivity index (χ0v) is 11.3. The highest BCUT2D eigenvalue weighted by atomic mass is 16.6. The molecule has 9 heteroatoms. The molecule has 0 spiro atoms. The zero-order valence-electron chi connectivity index (χ0n) is 11.3. The second kappa shape index (κ2) is 7.56. The molecule has 0 aliphatic carbocycles. The molecule has 1 rings (SSSR count). The Morgan fingerprint density at radius 1 is 1.65 bits per heavy atom. The van der Waals surface area contributed by atoms with Gasteiger partial charge in [0.15, 0.2) is 0 Å². The standard InChI is InChI=1S/C11H18N4O5/c1-8(2)10(13-17)7-20-6-9(16)5-14-4-3-12-11(14)15(18)19/h3-4,8-9,16-17H,5-7H2,1-2H3/b13-10+. The first-order valence-corrected chi connectivity index (χ1v) is 6.07. The lowest BCUT2D eigenvalue weighted by Gasteiger charge is -2.12. The highest BCUT2D eigenvalue weighted by Gasteiger charge is 2.18. The van der Waals surface area contributed by atoms with Gasteiger partial charge in [0.2, 0.25) is 0 Å². The van der Waals surface area contributed by atoms with E-state index in [1.165, 1.54) is 17.0 Å². The van der Waals surface area contributed by atoms with Crippen LogP contribution in [0.4, 0.5) is 5.95 Å². The number of aromatic nitrogens is 2. The maximum Gasteiger partial charge on any atom is 0.434 e. The number of oxime groups is 1. The normalized spacial score (nSPS) is 13.7.